The number of benzene rings is 1. The maximum absolute atomic E-state index is 12.9. The third-order valence-corrected chi connectivity index (χ3v) is 4.89. The van der Waals surface area contributed by atoms with Crippen molar-refractivity contribution in [1.29, 1.82) is 0 Å². The van der Waals surface area contributed by atoms with Crippen molar-refractivity contribution in [3.8, 4) is 0 Å². The zero-order valence-corrected chi connectivity index (χ0v) is 13.0. The molecule has 1 aromatic carbocycles. The van der Waals surface area contributed by atoms with Crippen LogP contribution in [-0.4, -0.2) is 41.4 Å². The van der Waals surface area contributed by atoms with Crippen molar-refractivity contribution >= 4 is 23.5 Å². The molecule has 120 valence electrons. The summed E-state index contributed by atoms with van der Waals surface area (Å²) in [5.74, 6) is -0.160. The molecule has 23 heavy (non-hydrogen) atoms. The van der Waals surface area contributed by atoms with Crippen LogP contribution < -0.4 is 10.2 Å². The number of carbonyl (C=O) groups excluding carboxylic acids is 3. The quantitative estimate of drug-likeness (QED) is 0.898. The van der Waals surface area contributed by atoms with Gasteiger partial charge in [-0.25, -0.2) is 9.69 Å². The van der Waals surface area contributed by atoms with Gasteiger partial charge in [-0.15, -0.1) is 0 Å². The number of amides is 4. The number of imide groups is 1. The van der Waals surface area contributed by atoms with Gasteiger partial charge in [-0.1, -0.05) is 17.7 Å². The van der Waals surface area contributed by atoms with E-state index in [0.717, 1.165) is 18.4 Å². The molecule has 4 rings (SSSR count). The molecule has 6 heteroatoms. The first-order chi connectivity index (χ1) is 11.1. The van der Waals surface area contributed by atoms with Gasteiger partial charge in [0.15, 0.2) is 0 Å². The molecule has 0 spiro atoms. The van der Waals surface area contributed by atoms with Crippen LogP contribution in [0.1, 0.15) is 24.8 Å². The summed E-state index contributed by atoms with van der Waals surface area (Å²) in [6, 6.07) is 6.01. The Hall–Kier alpha value is -2.37. The monoisotopic (exact) mass is 313 g/mol. The Morgan fingerprint density at radius 3 is 2.48 bits per heavy atom. The van der Waals surface area contributed by atoms with E-state index in [9.17, 15) is 14.4 Å². The van der Waals surface area contributed by atoms with Gasteiger partial charge in [-0.3, -0.25) is 9.59 Å². The van der Waals surface area contributed by atoms with Crippen LogP contribution in [-0.2, 0) is 9.59 Å². The standard InChI is InChI=1S/C17H19N3O3/c1-10-2-6-12(7-3-10)20-16(22)14-13(18-17(20)23)8-9-19(14)15(21)11-4-5-11/h2-3,6-7,11,13-14H,4-5,8-9H2,1H3,(H,18,23)/t13-,14+/m1/s1. The summed E-state index contributed by atoms with van der Waals surface area (Å²) in [6.07, 6.45) is 2.46. The molecule has 1 aliphatic carbocycles. The van der Waals surface area contributed by atoms with E-state index in [0.29, 0.717) is 18.7 Å². The fraction of sp³-hybridized carbons (Fsp3) is 0.471. The Morgan fingerprint density at radius 1 is 1.13 bits per heavy atom. The van der Waals surface area contributed by atoms with Gasteiger partial charge in [0.05, 0.1) is 11.7 Å². The summed E-state index contributed by atoms with van der Waals surface area (Å²) in [7, 11) is 0. The van der Waals surface area contributed by atoms with Crippen molar-refractivity contribution < 1.29 is 14.4 Å². The number of urea groups is 1. The number of aryl methyl sites for hydroxylation is 1. The van der Waals surface area contributed by atoms with E-state index in [1.54, 1.807) is 17.0 Å². The summed E-state index contributed by atoms with van der Waals surface area (Å²) in [5.41, 5.74) is 1.60. The highest BCUT2D eigenvalue weighted by molar-refractivity contribution is 6.19. The van der Waals surface area contributed by atoms with Gasteiger partial charge in [0, 0.05) is 12.5 Å². The molecule has 0 unspecified atom stereocenters. The van der Waals surface area contributed by atoms with E-state index < -0.39 is 12.1 Å². The third-order valence-electron chi connectivity index (χ3n) is 4.89. The number of rotatable bonds is 2. The molecule has 2 atom stereocenters. The molecule has 1 N–H and O–H groups in total. The van der Waals surface area contributed by atoms with Crippen LogP contribution in [0, 0.1) is 12.8 Å². The minimum Gasteiger partial charge on any atom is -0.332 e. The summed E-state index contributed by atoms with van der Waals surface area (Å²) in [5, 5.41) is 2.89. The Labute approximate surface area is 134 Å². The van der Waals surface area contributed by atoms with Crippen LogP contribution in [0.2, 0.25) is 0 Å². The first-order valence-corrected chi connectivity index (χ1v) is 8.08. The maximum atomic E-state index is 12.9. The molecule has 2 heterocycles. The van der Waals surface area contributed by atoms with Crippen molar-refractivity contribution in [3.05, 3.63) is 29.8 Å². The number of nitrogens with zero attached hydrogens (tertiary/aromatic N) is 2. The minimum absolute atomic E-state index is 0.0610. The van der Waals surface area contributed by atoms with E-state index in [-0.39, 0.29) is 23.8 Å². The number of hydrogen-bond donors (Lipinski definition) is 1. The van der Waals surface area contributed by atoms with Crippen LogP contribution in [0.5, 0.6) is 0 Å². The van der Waals surface area contributed by atoms with Gasteiger partial charge in [-0.2, -0.15) is 0 Å². The Bertz CT molecular complexity index is 681. The van der Waals surface area contributed by atoms with Crippen molar-refractivity contribution in [2.45, 2.75) is 38.3 Å². The second-order valence-electron chi connectivity index (χ2n) is 6.60. The molecule has 4 amide bonds. The molecular formula is C17H19N3O3. The minimum atomic E-state index is -0.567. The van der Waals surface area contributed by atoms with E-state index in [2.05, 4.69) is 5.32 Å². The lowest BCUT2D eigenvalue weighted by Gasteiger charge is -2.37. The lowest BCUT2D eigenvalue weighted by Crippen LogP contribution is -2.65. The average molecular weight is 313 g/mol. The Morgan fingerprint density at radius 2 is 1.83 bits per heavy atom. The fourth-order valence-electron chi connectivity index (χ4n) is 3.45. The molecule has 1 saturated carbocycles. The number of fused-ring (bicyclic) bond motifs is 1. The predicted octanol–water partition coefficient (Wildman–Crippen LogP) is 1.43. The molecule has 3 aliphatic rings. The smallest absolute Gasteiger partial charge is 0.329 e. The van der Waals surface area contributed by atoms with Crippen LogP contribution in [0.25, 0.3) is 0 Å². The summed E-state index contributed by atoms with van der Waals surface area (Å²) < 4.78 is 0. The number of carbonyl (C=O) groups is 3. The molecule has 0 bridgehead atoms. The second-order valence-corrected chi connectivity index (χ2v) is 6.60. The number of nitrogens with one attached hydrogen (secondary N) is 1. The molecule has 0 aromatic heterocycles. The van der Waals surface area contributed by atoms with E-state index >= 15 is 0 Å². The van der Waals surface area contributed by atoms with E-state index in [4.69, 9.17) is 0 Å². The molecule has 2 aliphatic heterocycles. The van der Waals surface area contributed by atoms with Crippen molar-refractivity contribution in [1.82, 2.24) is 10.2 Å². The third kappa shape index (κ3) is 2.29. The molecule has 2 saturated heterocycles. The van der Waals surface area contributed by atoms with Gasteiger partial charge in [0.1, 0.15) is 6.04 Å². The maximum Gasteiger partial charge on any atom is 0.329 e. The van der Waals surface area contributed by atoms with Crippen LogP contribution in [0.3, 0.4) is 0 Å². The fourth-order valence-corrected chi connectivity index (χ4v) is 3.45. The predicted molar refractivity (Wildman–Crippen MR) is 83.8 cm³/mol. The Balaban J connectivity index is 1.64. The summed E-state index contributed by atoms with van der Waals surface area (Å²) in [6.45, 7) is 2.49. The molecule has 6 nitrogen and oxygen atoms in total. The number of likely N-dealkylation sites (tertiary alicyclic amines) is 1. The first kappa shape index (κ1) is 14.2. The molecule has 3 fully saturated rings. The van der Waals surface area contributed by atoms with Gasteiger partial charge in [-0.05, 0) is 38.3 Å². The zero-order chi connectivity index (χ0) is 16.1. The lowest BCUT2D eigenvalue weighted by molar-refractivity contribution is -0.139. The average Bonchev–Trinajstić information content (AvgIpc) is 3.29. The van der Waals surface area contributed by atoms with E-state index in [1.165, 1.54) is 4.90 Å². The van der Waals surface area contributed by atoms with Gasteiger partial charge in [0.25, 0.3) is 5.91 Å². The molecular weight excluding hydrogens is 294 g/mol. The number of hydrogen-bond acceptors (Lipinski definition) is 3. The topological polar surface area (TPSA) is 69.7 Å². The summed E-state index contributed by atoms with van der Waals surface area (Å²) >= 11 is 0. The van der Waals surface area contributed by atoms with Crippen molar-refractivity contribution in [2.24, 2.45) is 5.92 Å². The van der Waals surface area contributed by atoms with Gasteiger partial charge < -0.3 is 10.2 Å². The highest BCUT2D eigenvalue weighted by atomic mass is 16.2. The SMILES string of the molecule is Cc1ccc(N2C(=O)N[C@@H]3CCN(C(=O)C4CC4)[C@@H]3C2=O)cc1. The van der Waals surface area contributed by atoms with Crippen LogP contribution in [0.15, 0.2) is 24.3 Å². The van der Waals surface area contributed by atoms with Gasteiger partial charge >= 0.3 is 6.03 Å². The van der Waals surface area contributed by atoms with E-state index in [1.807, 2.05) is 19.1 Å². The van der Waals surface area contributed by atoms with Crippen LogP contribution >= 0.6 is 0 Å². The molecule has 1 aromatic rings. The lowest BCUT2D eigenvalue weighted by atomic mass is 10.0. The van der Waals surface area contributed by atoms with Gasteiger partial charge in [0.2, 0.25) is 5.91 Å². The van der Waals surface area contributed by atoms with Crippen LogP contribution in [0.4, 0.5) is 10.5 Å². The van der Waals surface area contributed by atoms with Crippen molar-refractivity contribution in [2.75, 3.05) is 11.4 Å². The van der Waals surface area contributed by atoms with Crippen molar-refractivity contribution in [3.63, 3.8) is 0 Å². The number of anilines is 1. The highest BCUT2D eigenvalue weighted by Crippen LogP contribution is 2.35. The molecule has 0 radical (unpaired) electrons. The zero-order valence-electron chi connectivity index (χ0n) is 13.0. The summed E-state index contributed by atoms with van der Waals surface area (Å²) in [4.78, 5) is 40.5. The Kier molecular flexibility index (Phi) is 3.14. The largest absolute Gasteiger partial charge is 0.332 e. The highest BCUT2D eigenvalue weighted by Gasteiger charge is 2.51. The normalized spacial score (nSPS) is 27.0. The second kappa shape index (κ2) is 5.08. The first-order valence-electron chi connectivity index (χ1n) is 8.08.